The molecule has 0 saturated heterocycles. The highest BCUT2D eigenvalue weighted by molar-refractivity contribution is 5.37. The maximum Gasteiger partial charge on any atom is 0.131 e. The summed E-state index contributed by atoms with van der Waals surface area (Å²) in [6.45, 7) is 4.55. The van der Waals surface area contributed by atoms with E-state index >= 15 is 0 Å². The quantitative estimate of drug-likeness (QED) is 0.600. The lowest BCUT2D eigenvalue weighted by Gasteiger charge is -2.20. The Hall–Kier alpha value is -2.34. The van der Waals surface area contributed by atoms with Crippen LogP contribution in [0.25, 0.3) is 0 Å². The standard InChI is InChI=1S/C21H24FNO/c1-3-7-17(8-4-2)19-9-5-6-10-21(19)24-15-18-12-11-16(14-23)13-20(18)22/h5-6,9-13,17H,3-4,7-8,15H2,1-2H3. The lowest BCUT2D eigenvalue weighted by Crippen LogP contribution is -2.05. The summed E-state index contributed by atoms with van der Waals surface area (Å²) in [5.41, 5.74) is 1.99. The van der Waals surface area contributed by atoms with Gasteiger partial charge in [0.2, 0.25) is 0 Å². The molecular weight excluding hydrogens is 301 g/mol. The predicted octanol–water partition coefficient (Wildman–Crippen LogP) is 5.96. The van der Waals surface area contributed by atoms with Crippen LogP contribution in [0.15, 0.2) is 42.5 Å². The van der Waals surface area contributed by atoms with Gasteiger partial charge in [0.1, 0.15) is 18.2 Å². The topological polar surface area (TPSA) is 33.0 Å². The first-order valence-corrected chi connectivity index (χ1v) is 8.59. The maximum atomic E-state index is 14.0. The summed E-state index contributed by atoms with van der Waals surface area (Å²) in [7, 11) is 0. The Bertz CT molecular complexity index is 699. The summed E-state index contributed by atoms with van der Waals surface area (Å²) in [5.74, 6) is 0.903. The molecule has 0 aliphatic carbocycles. The molecule has 24 heavy (non-hydrogen) atoms. The van der Waals surface area contributed by atoms with Crippen LogP contribution in [0.2, 0.25) is 0 Å². The molecule has 2 nitrogen and oxygen atoms in total. The molecule has 3 heteroatoms. The summed E-state index contributed by atoms with van der Waals surface area (Å²) < 4.78 is 19.9. The van der Waals surface area contributed by atoms with Crippen molar-refractivity contribution in [2.75, 3.05) is 0 Å². The van der Waals surface area contributed by atoms with Crippen molar-refractivity contribution in [2.45, 2.75) is 52.1 Å². The number of hydrogen-bond donors (Lipinski definition) is 0. The maximum absolute atomic E-state index is 14.0. The summed E-state index contributed by atoms with van der Waals surface area (Å²) in [6.07, 6.45) is 4.51. The van der Waals surface area contributed by atoms with Crippen LogP contribution in [-0.2, 0) is 6.61 Å². The van der Waals surface area contributed by atoms with E-state index in [1.165, 1.54) is 11.6 Å². The molecule has 0 N–H and O–H groups in total. The molecule has 0 amide bonds. The summed E-state index contributed by atoms with van der Waals surface area (Å²) in [6, 6.07) is 14.5. The number of nitriles is 1. The van der Waals surface area contributed by atoms with Crippen LogP contribution >= 0.6 is 0 Å². The zero-order valence-corrected chi connectivity index (χ0v) is 14.4. The molecule has 0 aromatic heterocycles. The first kappa shape index (κ1) is 18.0. The molecule has 0 spiro atoms. The van der Waals surface area contributed by atoms with Gasteiger partial charge >= 0.3 is 0 Å². The zero-order valence-electron chi connectivity index (χ0n) is 14.4. The number of benzene rings is 2. The molecule has 0 aliphatic rings. The van der Waals surface area contributed by atoms with E-state index in [1.807, 2.05) is 24.3 Å². The molecule has 0 fully saturated rings. The SMILES string of the molecule is CCCC(CCC)c1ccccc1OCc1ccc(C#N)cc1F. The Morgan fingerprint density at radius 1 is 1.08 bits per heavy atom. The Kier molecular flexibility index (Phi) is 6.81. The molecule has 126 valence electrons. The third kappa shape index (κ3) is 4.58. The van der Waals surface area contributed by atoms with Crippen molar-refractivity contribution < 1.29 is 9.13 Å². The van der Waals surface area contributed by atoms with E-state index in [1.54, 1.807) is 12.1 Å². The van der Waals surface area contributed by atoms with E-state index in [2.05, 4.69) is 19.9 Å². The minimum atomic E-state index is -0.398. The Morgan fingerprint density at radius 2 is 1.79 bits per heavy atom. The van der Waals surface area contributed by atoms with Gasteiger partial charge in [-0.05, 0) is 42.5 Å². The van der Waals surface area contributed by atoms with Crippen LogP contribution in [0.3, 0.4) is 0 Å². The first-order valence-electron chi connectivity index (χ1n) is 8.59. The molecule has 0 bridgehead atoms. The smallest absolute Gasteiger partial charge is 0.131 e. The van der Waals surface area contributed by atoms with Gasteiger partial charge in [-0.15, -0.1) is 0 Å². The van der Waals surface area contributed by atoms with Crippen LogP contribution in [0, 0.1) is 17.1 Å². The Balaban J connectivity index is 2.17. The van der Waals surface area contributed by atoms with Gasteiger partial charge in [0, 0.05) is 5.56 Å². The van der Waals surface area contributed by atoms with E-state index in [0.29, 0.717) is 17.0 Å². The largest absolute Gasteiger partial charge is 0.489 e. The number of para-hydroxylation sites is 1. The average molecular weight is 325 g/mol. The molecule has 0 unspecified atom stereocenters. The third-order valence-corrected chi connectivity index (χ3v) is 4.20. The molecule has 0 atom stereocenters. The van der Waals surface area contributed by atoms with Crippen molar-refractivity contribution in [3.8, 4) is 11.8 Å². The highest BCUT2D eigenvalue weighted by Crippen LogP contribution is 2.33. The van der Waals surface area contributed by atoms with Crippen molar-refractivity contribution >= 4 is 0 Å². The monoisotopic (exact) mass is 325 g/mol. The van der Waals surface area contributed by atoms with Gasteiger partial charge in [-0.2, -0.15) is 5.26 Å². The number of ether oxygens (including phenoxy) is 1. The Labute approximate surface area is 143 Å². The highest BCUT2D eigenvalue weighted by Gasteiger charge is 2.15. The fourth-order valence-corrected chi connectivity index (χ4v) is 2.99. The highest BCUT2D eigenvalue weighted by atomic mass is 19.1. The van der Waals surface area contributed by atoms with Gasteiger partial charge < -0.3 is 4.74 Å². The molecular formula is C21H24FNO. The van der Waals surface area contributed by atoms with Gasteiger partial charge in [0.25, 0.3) is 0 Å². The minimum Gasteiger partial charge on any atom is -0.489 e. The average Bonchev–Trinajstić information content (AvgIpc) is 2.60. The first-order chi connectivity index (χ1) is 11.7. The molecule has 2 rings (SSSR count). The molecule has 0 heterocycles. The second-order valence-electron chi connectivity index (χ2n) is 6.02. The lowest BCUT2D eigenvalue weighted by atomic mass is 9.90. The van der Waals surface area contributed by atoms with Gasteiger partial charge in [0.05, 0.1) is 11.6 Å². The predicted molar refractivity (Wildman–Crippen MR) is 94.4 cm³/mol. The van der Waals surface area contributed by atoms with E-state index < -0.39 is 5.82 Å². The molecule has 0 saturated carbocycles. The van der Waals surface area contributed by atoms with Crippen molar-refractivity contribution in [3.63, 3.8) is 0 Å². The lowest BCUT2D eigenvalue weighted by molar-refractivity contribution is 0.293. The molecule has 0 aliphatic heterocycles. The fourth-order valence-electron chi connectivity index (χ4n) is 2.99. The second kappa shape index (κ2) is 9.08. The van der Waals surface area contributed by atoms with Crippen molar-refractivity contribution in [2.24, 2.45) is 0 Å². The van der Waals surface area contributed by atoms with Crippen LogP contribution < -0.4 is 4.74 Å². The van der Waals surface area contributed by atoms with Crippen molar-refractivity contribution in [1.82, 2.24) is 0 Å². The Morgan fingerprint density at radius 3 is 2.42 bits per heavy atom. The summed E-state index contributed by atoms with van der Waals surface area (Å²) in [4.78, 5) is 0. The van der Waals surface area contributed by atoms with Crippen LogP contribution in [-0.4, -0.2) is 0 Å². The minimum absolute atomic E-state index is 0.166. The summed E-state index contributed by atoms with van der Waals surface area (Å²) >= 11 is 0. The third-order valence-electron chi connectivity index (χ3n) is 4.20. The van der Waals surface area contributed by atoms with Crippen LogP contribution in [0.1, 0.15) is 62.1 Å². The number of rotatable bonds is 8. The van der Waals surface area contributed by atoms with Gasteiger partial charge in [-0.1, -0.05) is 51.0 Å². The summed E-state index contributed by atoms with van der Waals surface area (Å²) in [5, 5.41) is 8.81. The van der Waals surface area contributed by atoms with E-state index in [4.69, 9.17) is 10.00 Å². The van der Waals surface area contributed by atoms with Gasteiger partial charge in [-0.3, -0.25) is 0 Å². The number of nitrogens with zero attached hydrogens (tertiary/aromatic N) is 1. The van der Waals surface area contributed by atoms with E-state index in [0.717, 1.165) is 31.4 Å². The zero-order chi connectivity index (χ0) is 17.4. The van der Waals surface area contributed by atoms with Gasteiger partial charge in [0.15, 0.2) is 0 Å². The molecule has 0 radical (unpaired) electrons. The molecule has 2 aromatic carbocycles. The van der Waals surface area contributed by atoms with Crippen LogP contribution in [0.4, 0.5) is 4.39 Å². The fraction of sp³-hybridized carbons (Fsp3) is 0.381. The van der Waals surface area contributed by atoms with Crippen LogP contribution in [0.5, 0.6) is 5.75 Å². The second-order valence-corrected chi connectivity index (χ2v) is 6.02. The van der Waals surface area contributed by atoms with Gasteiger partial charge in [-0.25, -0.2) is 4.39 Å². The van der Waals surface area contributed by atoms with E-state index in [9.17, 15) is 4.39 Å². The van der Waals surface area contributed by atoms with Crippen molar-refractivity contribution in [3.05, 3.63) is 65.0 Å². The number of halogens is 1. The van der Waals surface area contributed by atoms with E-state index in [-0.39, 0.29) is 6.61 Å². The molecule has 2 aromatic rings. The van der Waals surface area contributed by atoms with Crippen molar-refractivity contribution in [1.29, 1.82) is 5.26 Å². The number of hydrogen-bond acceptors (Lipinski definition) is 2. The normalized spacial score (nSPS) is 10.6.